The van der Waals surface area contributed by atoms with Crippen LogP contribution in [0.1, 0.15) is 30.0 Å². The van der Waals surface area contributed by atoms with Crippen molar-refractivity contribution in [2.45, 2.75) is 18.9 Å². The molecule has 1 fully saturated rings. The number of piperidine rings is 1. The lowest BCUT2D eigenvalue weighted by atomic mass is 9.90. The quantitative estimate of drug-likeness (QED) is 0.567. The average Bonchev–Trinajstić information content (AvgIpc) is 2.71. The highest BCUT2D eigenvalue weighted by Crippen LogP contribution is 2.39. The van der Waals surface area contributed by atoms with Crippen LogP contribution < -0.4 is 0 Å². The number of carboxylic acid groups (broad SMARTS) is 1. The van der Waals surface area contributed by atoms with Gasteiger partial charge >= 0.3 is 5.97 Å². The molecule has 1 aliphatic rings. The van der Waals surface area contributed by atoms with Crippen LogP contribution >= 0.6 is 23.2 Å². The van der Waals surface area contributed by atoms with Crippen molar-refractivity contribution in [2.75, 3.05) is 13.1 Å². The van der Waals surface area contributed by atoms with E-state index in [1.165, 1.54) is 10.8 Å². The second-order valence-corrected chi connectivity index (χ2v) is 8.09. The summed E-state index contributed by atoms with van der Waals surface area (Å²) in [6.45, 7) is 1.41. The molecule has 3 aromatic carbocycles. The van der Waals surface area contributed by atoms with Crippen molar-refractivity contribution < 1.29 is 9.90 Å². The average molecular weight is 414 g/mol. The summed E-state index contributed by atoms with van der Waals surface area (Å²) in [7, 11) is 0. The fourth-order valence-corrected chi connectivity index (χ4v) is 4.51. The summed E-state index contributed by atoms with van der Waals surface area (Å²) in [5.74, 6) is -0.981. The molecule has 1 N–H and O–H groups in total. The molecule has 0 aromatic heterocycles. The Morgan fingerprint density at radius 2 is 1.68 bits per heavy atom. The van der Waals surface area contributed by atoms with E-state index in [9.17, 15) is 9.90 Å². The third-order valence-electron chi connectivity index (χ3n) is 5.61. The van der Waals surface area contributed by atoms with E-state index in [1.807, 2.05) is 24.3 Å². The van der Waals surface area contributed by atoms with Crippen molar-refractivity contribution in [3.8, 4) is 0 Å². The van der Waals surface area contributed by atoms with E-state index in [-0.39, 0.29) is 12.0 Å². The molecule has 28 heavy (non-hydrogen) atoms. The Hall–Kier alpha value is -2.07. The van der Waals surface area contributed by atoms with Crippen LogP contribution in [0.15, 0.2) is 60.7 Å². The van der Waals surface area contributed by atoms with Gasteiger partial charge in [0.25, 0.3) is 0 Å². The molecule has 0 radical (unpaired) electrons. The molecule has 0 aliphatic carbocycles. The highest BCUT2D eigenvalue weighted by Gasteiger charge is 2.31. The Morgan fingerprint density at radius 3 is 2.39 bits per heavy atom. The van der Waals surface area contributed by atoms with Crippen LogP contribution in [-0.4, -0.2) is 29.1 Å². The summed E-state index contributed by atoms with van der Waals surface area (Å²) in [5.41, 5.74) is 2.09. The summed E-state index contributed by atoms with van der Waals surface area (Å²) < 4.78 is 0. The molecular formula is C23H21Cl2NO2. The lowest BCUT2D eigenvalue weighted by Gasteiger charge is -2.37. The molecular weight excluding hydrogens is 393 g/mol. The molecule has 3 aromatic rings. The third kappa shape index (κ3) is 3.75. The standard InChI is InChI=1S/C23H21Cl2NO2/c24-20-7-3-6-19(21(20)25)22(26-12-10-16(11-13-26)23(27)28)18-9-8-15-4-1-2-5-17(15)14-18/h1-9,14,16,22H,10-13H2,(H,27,28). The largest absolute Gasteiger partial charge is 0.481 e. The van der Waals surface area contributed by atoms with Gasteiger partial charge in [0.1, 0.15) is 0 Å². The first-order valence-corrected chi connectivity index (χ1v) is 10.2. The van der Waals surface area contributed by atoms with Gasteiger partial charge in [-0.05, 0) is 60.0 Å². The van der Waals surface area contributed by atoms with Gasteiger partial charge in [-0.25, -0.2) is 0 Å². The predicted molar refractivity (Wildman–Crippen MR) is 114 cm³/mol. The van der Waals surface area contributed by atoms with Gasteiger partial charge in [-0.1, -0.05) is 71.7 Å². The molecule has 4 rings (SSSR count). The first-order chi connectivity index (χ1) is 13.5. The van der Waals surface area contributed by atoms with Gasteiger partial charge in [-0.2, -0.15) is 0 Å². The number of aliphatic carboxylic acids is 1. The molecule has 5 heteroatoms. The summed E-state index contributed by atoms with van der Waals surface area (Å²) >= 11 is 12.9. The van der Waals surface area contributed by atoms with Gasteiger partial charge in [0.2, 0.25) is 0 Å². The molecule has 1 aliphatic heterocycles. The zero-order valence-corrected chi connectivity index (χ0v) is 16.8. The van der Waals surface area contributed by atoms with Crippen LogP contribution in [0.25, 0.3) is 10.8 Å². The van der Waals surface area contributed by atoms with Gasteiger partial charge in [0.05, 0.1) is 22.0 Å². The Kier molecular flexibility index (Phi) is 5.58. The Bertz CT molecular complexity index is 1010. The summed E-state index contributed by atoms with van der Waals surface area (Å²) in [6.07, 6.45) is 1.27. The van der Waals surface area contributed by atoms with Gasteiger partial charge < -0.3 is 5.11 Å². The summed E-state index contributed by atoms with van der Waals surface area (Å²) in [4.78, 5) is 13.7. The second-order valence-electron chi connectivity index (χ2n) is 7.30. The van der Waals surface area contributed by atoms with Crippen molar-refractivity contribution in [3.63, 3.8) is 0 Å². The van der Waals surface area contributed by atoms with E-state index < -0.39 is 5.97 Å². The lowest BCUT2D eigenvalue weighted by molar-refractivity contribution is -0.143. The number of hydrogen-bond donors (Lipinski definition) is 1. The summed E-state index contributed by atoms with van der Waals surface area (Å²) in [6, 6.07) is 20.4. The highest BCUT2D eigenvalue weighted by molar-refractivity contribution is 6.42. The van der Waals surface area contributed by atoms with E-state index in [4.69, 9.17) is 23.2 Å². The maximum Gasteiger partial charge on any atom is 0.306 e. The van der Waals surface area contributed by atoms with Gasteiger partial charge in [-0.15, -0.1) is 0 Å². The Labute approximate surface area is 174 Å². The van der Waals surface area contributed by atoms with Crippen molar-refractivity contribution in [3.05, 3.63) is 81.8 Å². The van der Waals surface area contributed by atoms with Crippen molar-refractivity contribution in [2.24, 2.45) is 5.92 Å². The first-order valence-electron chi connectivity index (χ1n) is 9.44. The Morgan fingerprint density at radius 1 is 0.964 bits per heavy atom. The molecule has 0 saturated carbocycles. The molecule has 1 heterocycles. The summed E-state index contributed by atoms with van der Waals surface area (Å²) in [5, 5.41) is 12.8. The monoisotopic (exact) mass is 413 g/mol. The molecule has 1 unspecified atom stereocenters. The number of rotatable bonds is 4. The highest BCUT2D eigenvalue weighted by atomic mass is 35.5. The van der Waals surface area contributed by atoms with Crippen LogP contribution in [0.3, 0.4) is 0 Å². The van der Waals surface area contributed by atoms with E-state index in [0.717, 1.165) is 11.1 Å². The predicted octanol–water partition coefficient (Wildman–Crippen LogP) is 6.03. The molecule has 1 saturated heterocycles. The number of halogens is 2. The minimum absolute atomic E-state index is 0.0643. The lowest BCUT2D eigenvalue weighted by Crippen LogP contribution is -2.39. The first kappa shape index (κ1) is 19.3. The number of benzene rings is 3. The number of hydrogen-bond acceptors (Lipinski definition) is 2. The second kappa shape index (κ2) is 8.12. The normalized spacial score (nSPS) is 16.9. The van der Waals surface area contributed by atoms with Gasteiger partial charge in [0.15, 0.2) is 0 Å². The molecule has 1 atom stereocenters. The third-order valence-corrected chi connectivity index (χ3v) is 6.44. The zero-order valence-electron chi connectivity index (χ0n) is 15.3. The SMILES string of the molecule is O=C(O)C1CCN(C(c2ccc3ccccc3c2)c2cccc(Cl)c2Cl)CC1. The van der Waals surface area contributed by atoms with Gasteiger partial charge in [0, 0.05) is 0 Å². The Balaban J connectivity index is 1.77. The minimum Gasteiger partial charge on any atom is -0.481 e. The molecule has 3 nitrogen and oxygen atoms in total. The van der Waals surface area contributed by atoms with Crippen LogP contribution in [0.5, 0.6) is 0 Å². The van der Waals surface area contributed by atoms with Crippen molar-refractivity contribution >= 4 is 39.9 Å². The van der Waals surface area contributed by atoms with Crippen molar-refractivity contribution in [1.29, 1.82) is 0 Å². The fourth-order valence-electron chi connectivity index (χ4n) is 4.10. The van der Waals surface area contributed by atoms with Gasteiger partial charge in [-0.3, -0.25) is 9.69 Å². The molecule has 0 spiro atoms. The van der Waals surface area contributed by atoms with Crippen LogP contribution in [0.4, 0.5) is 0 Å². The maximum absolute atomic E-state index is 11.4. The fraction of sp³-hybridized carbons (Fsp3) is 0.261. The number of likely N-dealkylation sites (tertiary alicyclic amines) is 1. The van der Waals surface area contributed by atoms with Crippen LogP contribution in [0.2, 0.25) is 10.0 Å². The smallest absolute Gasteiger partial charge is 0.306 e. The van der Waals surface area contributed by atoms with Crippen LogP contribution in [0, 0.1) is 5.92 Å². The molecule has 0 bridgehead atoms. The van der Waals surface area contributed by atoms with Crippen molar-refractivity contribution in [1.82, 2.24) is 4.90 Å². The van der Waals surface area contributed by atoms with E-state index in [0.29, 0.717) is 36.0 Å². The zero-order chi connectivity index (χ0) is 19.7. The number of nitrogens with zero attached hydrogens (tertiary/aromatic N) is 1. The number of carboxylic acids is 1. The minimum atomic E-state index is -0.706. The molecule has 144 valence electrons. The van der Waals surface area contributed by atoms with E-state index >= 15 is 0 Å². The maximum atomic E-state index is 11.4. The number of carbonyl (C=O) groups is 1. The van der Waals surface area contributed by atoms with Crippen LogP contribution in [-0.2, 0) is 4.79 Å². The van der Waals surface area contributed by atoms with E-state index in [2.05, 4.69) is 35.2 Å². The number of fused-ring (bicyclic) bond motifs is 1. The molecule has 0 amide bonds. The topological polar surface area (TPSA) is 40.5 Å². The van der Waals surface area contributed by atoms with E-state index in [1.54, 1.807) is 6.07 Å².